The lowest BCUT2D eigenvalue weighted by Crippen LogP contribution is -2.44. The fraction of sp³-hybridized carbons (Fsp3) is 0.500. The zero-order valence-corrected chi connectivity index (χ0v) is 22.8. The number of nitrogens with zero attached hydrogens (tertiary/aromatic N) is 2. The molecule has 1 aromatic carbocycles. The van der Waals surface area contributed by atoms with Crippen molar-refractivity contribution < 1.29 is 18.7 Å². The van der Waals surface area contributed by atoms with Crippen LogP contribution in [-0.4, -0.2) is 41.8 Å². The molecule has 36 heavy (non-hydrogen) atoms. The van der Waals surface area contributed by atoms with Gasteiger partial charge in [-0.25, -0.2) is 0 Å². The average molecular weight is 493 g/mol. The second-order valence-electron chi connectivity index (χ2n) is 10.6. The first-order valence-electron chi connectivity index (χ1n) is 12.9. The molecule has 0 bridgehead atoms. The van der Waals surface area contributed by atoms with Crippen LogP contribution in [-0.2, 0) is 22.4 Å². The molecule has 0 spiro atoms. The third-order valence-corrected chi connectivity index (χ3v) is 6.49. The molecular formula is C30H40N2O4. The minimum Gasteiger partial charge on any atom is -0.496 e. The molecule has 3 aromatic rings. The molecule has 0 aliphatic heterocycles. The molecule has 3 rings (SSSR count). The number of ether oxygens (including phenoxy) is 1. The summed E-state index contributed by atoms with van der Waals surface area (Å²) < 4.78 is 11.0. The highest BCUT2D eigenvalue weighted by Crippen LogP contribution is 2.27. The Balaban J connectivity index is 1.88. The molecular weight excluding hydrogens is 452 g/mol. The van der Waals surface area contributed by atoms with Gasteiger partial charge in [0, 0.05) is 54.3 Å². The number of fused-ring (bicyclic) bond motifs is 1. The van der Waals surface area contributed by atoms with Crippen LogP contribution in [0.5, 0.6) is 5.75 Å². The van der Waals surface area contributed by atoms with E-state index in [-0.39, 0.29) is 18.1 Å². The van der Waals surface area contributed by atoms with Gasteiger partial charge in [-0.2, -0.15) is 0 Å². The Morgan fingerprint density at radius 3 is 2.39 bits per heavy atom. The first-order valence-corrected chi connectivity index (χ1v) is 12.9. The standard InChI is InChI=1S/C30H40N2O4/c1-19(2)17-32(18-20(3)4)30(34)25(15-26-22(6)29(35-7)21(5)16-31-26)27(33)10-8-23-9-11-28-24(14-23)12-13-36-28/h9,11-14,16,19-20,25H,8,10,15,17-18H2,1-7H3. The molecule has 0 saturated heterocycles. The number of aromatic nitrogens is 1. The van der Waals surface area contributed by atoms with Crippen LogP contribution in [0.2, 0.25) is 0 Å². The summed E-state index contributed by atoms with van der Waals surface area (Å²) >= 11 is 0. The van der Waals surface area contributed by atoms with Gasteiger partial charge in [-0.05, 0) is 55.9 Å². The van der Waals surface area contributed by atoms with Crippen LogP contribution in [0.25, 0.3) is 11.0 Å². The fourth-order valence-electron chi connectivity index (χ4n) is 4.78. The van der Waals surface area contributed by atoms with E-state index in [0.717, 1.165) is 39.1 Å². The normalized spacial score (nSPS) is 12.4. The van der Waals surface area contributed by atoms with Gasteiger partial charge >= 0.3 is 0 Å². The van der Waals surface area contributed by atoms with Gasteiger partial charge in [-0.3, -0.25) is 14.6 Å². The maximum absolute atomic E-state index is 13.9. The number of amides is 1. The van der Waals surface area contributed by atoms with Gasteiger partial charge in [0.05, 0.1) is 13.4 Å². The maximum Gasteiger partial charge on any atom is 0.233 e. The van der Waals surface area contributed by atoms with E-state index in [9.17, 15) is 9.59 Å². The number of benzene rings is 1. The highest BCUT2D eigenvalue weighted by atomic mass is 16.5. The number of hydrogen-bond donors (Lipinski definition) is 0. The Morgan fingerprint density at radius 2 is 1.75 bits per heavy atom. The predicted octanol–water partition coefficient (Wildman–Crippen LogP) is 5.95. The molecule has 0 N–H and O–H groups in total. The highest BCUT2D eigenvalue weighted by Gasteiger charge is 2.32. The number of carbonyl (C=O) groups excluding carboxylic acids is 2. The SMILES string of the molecule is COc1c(C)cnc(CC(C(=O)CCc2ccc3occc3c2)C(=O)N(CC(C)C)CC(C)C)c1C. The maximum atomic E-state index is 13.9. The number of rotatable bonds is 12. The van der Waals surface area contributed by atoms with E-state index in [0.29, 0.717) is 37.8 Å². The fourth-order valence-corrected chi connectivity index (χ4v) is 4.78. The number of methoxy groups -OCH3 is 1. The number of carbonyl (C=O) groups is 2. The minimum atomic E-state index is -0.779. The molecule has 0 aliphatic carbocycles. The summed E-state index contributed by atoms with van der Waals surface area (Å²) in [5.41, 5.74) is 4.43. The largest absolute Gasteiger partial charge is 0.496 e. The van der Waals surface area contributed by atoms with Crippen LogP contribution < -0.4 is 4.74 Å². The first-order chi connectivity index (χ1) is 17.1. The minimum absolute atomic E-state index is 0.0504. The molecule has 1 atom stereocenters. The summed E-state index contributed by atoms with van der Waals surface area (Å²) in [4.78, 5) is 34.0. The molecule has 1 unspecified atom stereocenters. The Bertz CT molecular complexity index is 1180. The summed E-state index contributed by atoms with van der Waals surface area (Å²) in [5, 5.41) is 1.01. The van der Waals surface area contributed by atoms with E-state index in [1.54, 1.807) is 19.6 Å². The molecule has 0 radical (unpaired) electrons. The Hall–Kier alpha value is -3.15. The van der Waals surface area contributed by atoms with Gasteiger partial charge in [0.15, 0.2) is 0 Å². The van der Waals surface area contributed by atoms with Crippen molar-refractivity contribution in [2.75, 3.05) is 20.2 Å². The zero-order valence-electron chi connectivity index (χ0n) is 22.8. The number of aryl methyl sites for hydroxylation is 2. The van der Waals surface area contributed by atoms with Gasteiger partial charge < -0.3 is 14.1 Å². The summed E-state index contributed by atoms with van der Waals surface area (Å²) in [7, 11) is 1.64. The smallest absolute Gasteiger partial charge is 0.233 e. The van der Waals surface area contributed by atoms with Crippen LogP contribution in [0.4, 0.5) is 0 Å². The second-order valence-corrected chi connectivity index (χ2v) is 10.6. The number of furan rings is 1. The first kappa shape index (κ1) is 27.4. The predicted molar refractivity (Wildman–Crippen MR) is 143 cm³/mol. The van der Waals surface area contributed by atoms with Crippen molar-refractivity contribution >= 4 is 22.7 Å². The van der Waals surface area contributed by atoms with Gasteiger partial charge in [-0.1, -0.05) is 33.8 Å². The van der Waals surface area contributed by atoms with Crippen LogP contribution in [0.1, 0.15) is 56.5 Å². The third-order valence-electron chi connectivity index (χ3n) is 6.49. The van der Waals surface area contributed by atoms with E-state index >= 15 is 0 Å². The van der Waals surface area contributed by atoms with E-state index in [4.69, 9.17) is 9.15 Å². The monoisotopic (exact) mass is 492 g/mol. The van der Waals surface area contributed by atoms with Crippen LogP contribution in [0.3, 0.4) is 0 Å². The quantitative estimate of drug-likeness (QED) is 0.292. The Kier molecular flexibility index (Phi) is 9.30. The zero-order chi connectivity index (χ0) is 26.4. The summed E-state index contributed by atoms with van der Waals surface area (Å²) in [5.74, 6) is 0.444. The Morgan fingerprint density at radius 1 is 1.06 bits per heavy atom. The van der Waals surface area contributed by atoms with Crippen molar-refractivity contribution in [1.29, 1.82) is 0 Å². The van der Waals surface area contributed by atoms with E-state index in [2.05, 4.69) is 32.7 Å². The van der Waals surface area contributed by atoms with Gasteiger partial charge in [0.1, 0.15) is 23.0 Å². The lowest BCUT2D eigenvalue weighted by molar-refractivity contribution is -0.142. The van der Waals surface area contributed by atoms with Crippen molar-refractivity contribution in [2.24, 2.45) is 17.8 Å². The van der Waals surface area contributed by atoms with E-state index in [1.165, 1.54) is 0 Å². The molecule has 1 amide bonds. The van der Waals surface area contributed by atoms with Crippen molar-refractivity contribution in [3.8, 4) is 5.75 Å². The number of pyridine rings is 1. The molecule has 6 heteroatoms. The summed E-state index contributed by atoms with van der Waals surface area (Å²) in [6, 6.07) is 7.87. The van der Waals surface area contributed by atoms with Crippen LogP contribution in [0.15, 0.2) is 41.1 Å². The van der Waals surface area contributed by atoms with Crippen molar-refractivity contribution in [3.63, 3.8) is 0 Å². The Labute approximate surface area is 215 Å². The van der Waals surface area contributed by atoms with Crippen molar-refractivity contribution in [3.05, 3.63) is 59.1 Å². The molecule has 194 valence electrons. The number of hydrogen-bond acceptors (Lipinski definition) is 5. The molecule has 0 fully saturated rings. The third kappa shape index (κ3) is 6.74. The lowest BCUT2D eigenvalue weighted by Gasteiger charge is -2.30. The molecule has 0 saturated carbocycles. The highest BCUT2D eigenvalue weighted by molar-refractivity contribution is 6.01. The number of Topliss-reactive ketones (excluding diaryl/α,β-unsaturated/α-hetero) is 1. The lowest BCUT2D eigenvalue weighted by atomic mass is 9.90. The number of ketones is 1. The summed E-state index contributed by atoms with van der Waals surface area (Å²) in [6.07, 6.45) is 4.55. The molecule has 2 heterocycles. The van der Waals surface area contributed by atoms with Crippen LogP contribution >= 0.6 is 0 Å². The van der Waals surface area contributed by atoms with Crippen molar-refractivity contribution in [2.45, 2.75) is 60.8 Å². The topological polar surface area (TPSA) is 72.6 Å². The van der Waals surface area contributed by atoms with Crippen molar-refractivity contribution in [1.82, 2.24) is 9.88 Å². The van der Waals surface area contributed by atoms with Gasteiger partial charge in [0.25, 0.3) is 0 Å². The second kappa shape index (κ2) is 12.2. The molecule has 2 aromatic heterocycles. The van der Waals surface area contributed by atoms with Gasteiger partial charge in [0.2, 0.25) is 5.91 Å². The summed E-state index contributed by atoms with van der Waals surface area (Å²) in [6.45, 7) is 13.5. The average Bonchev–Trinajstić information content (AvgIpc) is 3.29. The van der Waals surface area contributed by atoms with Crippen LogP contribution in [0, 0.1) is 31.6 Å². The van der Waals surface area contributed by atoms with E-state index < -0.39 is 5.92 Å². The van der Waals surface area contributed by atoms with E-state index in [1.807, 2.05) is 43.0 Å². The molecule has 0 aliphatic rings. The molecule has 6 nitrogen and oxygen atoms in total. The van der Waals surface area contributed by atoms with Gasteiger partial charge in [-0.15, -0.1) is 0 Å².